The van der Waals surface area contributed by atoms with E-state index in [4.69, 9.17) is 0 Å². The van der Waals surface area contributed by atoms with Gasteiger partial charge in [-0.25, -0.2) is 0 Å². The highest BCUT2D eigenvalue weighted by molar-refractivity contribution is 8.01. The van der Waals surface area contributed by atoms with Gasteiger partial charge in [-0.15, -0.1) is 11.8 Å². The van der Waals surface area contributed by atoms with Crippen molar-refractivity contribution in [3.8, 4) is 0 Å². The van der Waals surface area contributed by atoms with Gasteiger partial charge in [-0.2, -0.15) is 0 Å². The van der Waals surface area contributed by atoms with Crippen LogP contribution in [0.15, 0.2) is 53.4 Å². The molecule has 0 saturated carbocycles. The average molecular weight is 424 g/mol. The smallest absolute Gasteiger partial charge is 0.250 e. The maximum Gasteiger partial charge on any atom is 0.250 e. The van der Waals surface area contributed by atoms with Gasteiger partial charge in [0.1, 0.15) is 6.54 Å². The maximum absolute atomic E-state index is 13.3. The number of nitrogens with one attached hydrogen (secondary N) is 1. The molecule has 2 aliphatic rings. The van der Waals surface area contributed by atoms with Crippen LogP contribution in [-0.2, 0) is 20.8 Å². The first-order valence-electron chi connectivity index (χ1n) is 10.3. The number of para-hydroxylation sites is 1. The summed E-state index contributed by atoms with van der Waals surface area (Å²) in [6, 6.07) is 15.1. The van der Waals surface area contributed by atoms with Crippen molar-refractivity contribution in [2.45, 2.75) is 36.3 Å². The molecule has 1 saturated heterocycles. The molecule has 3 amide bonds. The summed E-state index contributed by atoms with van der Waals surface area (Å²) in [6.07, 6.45) is 2.81. The van der Waals surface area contributed by atoms with E-state index in [1.54, 1.807) is 4.90 Å². The number of thioether (sulfide) groups is 1. The van der Waals surface area contributed by atoms with E-state index in [0.717, 1.165) is 29.7 Å². The van der Waals surface area contributed by atoms with E-state index in [-0.39, 0.29) is 24.3 Å². The lowest BCUT2D eigenvalue weighted by molar-refractivity contribution is -0.134. The van der Waals surface area contributed by atoms with Crippen molar-refractivity contribution in [1.29, 1.82) is 0 Å². The van der Waals surface area contributed by atoms with Crippen LogP contribution in [0.1, 0.15) is 25.3 Å². The number of hydrogen-bond donors (Lipinski definition) is 1. The van der Waals surface area contributed by atoms with E-state index in [2.05, 4.69) is 12.2 Å². The first-order valence-corrected chi connectivity index (χ1v) is 11.2. The summed E-state index contributed by atoms with van der Waals surface area (Å²) < 4.78 is 0. The van der Waals surface area contributed by atoms with Gasteiger partial charge in [0.05, 0.1) is 5.69 Å². The number of anilines is 2. The summed E-state index contributed by atoms with van der Waals surface area (Å²) in [5, 5.41) is 2.04. The Bertz CT molecular complexity index is 972. The van der Waals surface area contributed by atoms with Gasteiger partial charge in [0.2, 0.25) is 11.8 Å². The van der Waals surface area contributed by atoms with Gasteiger partial charge in [0.15, 0.2) is 5.25 Å². The van der Waals surface area contributed by atoms with Gasteiger partial charge in [0, 0.05) is 23.7 Å². The van der Waals surface area contributed by atoms with Crippen molar-refractivity contribution in [2.75, 3.05) is 29.9 Å². The van der Waals surface area contributed by atoms with Crippen LogP contribution in [0.3, 0.4) is 0 Å². The summed E-state index contributed by atoms with van der Waals surface area (Å²) in [7, 11) is 0. The zero-order valence-corrected chi connectivity index (χ0v) is 17.8. The molecule has 2 aliphatic heterocycles. The zero-order valence-electron chi connectivity index (χ0n) is 17.0. The molecule has 1 unspecified atom stereocenters. The third kappa shape index (κ3) is 4.21. The van der Waals surface area contributed by atoms with Crippen LogP contribution in [0.2, 0.25) is 0 Å². The Labute approximate surface area is 180 Å². The SMILES string of the molecule is CCc1cccc(NC(=O)CN2C(=O)C(C(=O)N3CCCC3)Sc3ccccc32)c1. The van der Waals surface area contributed by atoms with E-state index >= 15 is 0 Å². The molecule has 6 nitrogen and oxygen atoms in total. The number of carbonyl (C=O) groups excluding carboxylic acids is 3. The number of rotatable bonds is 5. The second kappa shape index (κ2) is 8.92. The standard InChI is InChI=1S/C23H25N3O3S/c1-2-16-8-7-9-17(14-16)24-20(27)15-26-18-10-3-4-11-19(18)30-21(23(26)29)22(28)25-12-5-6-13-25/h3-4,7-11,14,21H,2,5-6,12-13,15H2,1H3,(H,24,27). The second-order valence-corrected chi connectivity index (χ2v) is 8.67. The minimum Gasteiger partial charge on any atom is -0.341 e. The first kappa shape index (κ1) is 20.5. The molecule has 0 aromatic heterocycles. The highest BCUT2D eigenvalue weighted by atomic mass is 32.2. The van der Waals surface area contributed by atoms with Crippen LogP contribution in [0.25, 0.3) is 0 Å². The molecule has 0 spiro atoms. The second-order valence-electron chi connectivity index (χ2n) is 7.52. The zero-order chi connectivity index (χ0) is 21.1. The van der Waals surface area contributed by atoms with Gasteiger partial charge in [-0.1, -0.05) is 31.2 Å². The summed E-state index contributed by atoms with van der Waals surface area (Å²) in [6.45, 7) is 3.31. The summed E-state index contributed by atoms with van der Waals surface area (Å²) in [5.41, 5.74) is 2.51. The van der Waals surface area contributed by atoms with E-state index in [0.29, 0.717) is 24.5 Å². The predicted octanol–water partition coefficient (Wildman–Crippen LogP) is 3.32. The minimum absolute atomic E-state index is 0.128. The number of hydrogen-bond acceptors (Lipinski definition) is 4. The molecule has 1 fully saturated rings. The van der Waals surface area contributed by atoms with Gasteiger partial charge < -0.3 is 15.1 Å². The average Bonchev–Trinajstić information content (AvgIpc) is 3.30. The molecule has 0 radical (unpaired) electrons. The third-order valence-electron chi connectivity index (χ3n) is 5.45. The molecule has 2 aromatic carbocycles. The van der Waals surface area contributed by atoms with E-state index in [1.165, 1.54) is 16.7 Å². The Morgan fingerprint density at radius 3 is 2.63 bits per heavy atom. The van der Waals surface area contributed by atoms with Gasteiger partial charge in [-0.05, 0) is 49.1 Å². The van der Waals surface area contributed by atoms with Crippen molar-refractivity contribution in [3.63, 3.8) is 0 Å². The molecule has 0 bridgehead atoms. The van der Waals surface area contributed by atoms with Gasteiger partial charge in [-0.3, -0.25) is 14.4 Å². The summed E-state index contributed by atoms with van der Waals surface area (Å²) in [4.78, 5) is 43.0. The first-order chi connectivity index (χ1) is 14.6. The van der Waals surface area contributed by atoms with Gasteiger partial charge in [0.25, 0.3) is 5.91 Å². The highest BCUT2D eigenvalue weighted by Crippen LogP contribution is 2.40. The van der Waals surface area contributed by atoms with Crippen LogP contribution in [0.4, 0.5) is 11.4 Å². The fourth-order valence-electron chi connectivity index (χ4n) is 3.85. The van der Waals surface area contributed by atoms with Crippen LogP contribution >= 0.6 is 11.8 Å². The van der Waals surface area contributed by atoms with Crippen molar-refractivity contribution in [1.82, 2.24) is 4.90 Å². The quantitative estimate of drug-likeness (QED) is 0.749. The Balaban J connectivity index is 1.54. The number of carbonyl (C=O) groups is 3. The number of nitrogens with zero attached hydrogens (tertiary/aromatic N) is 2. The highest BCUT2D eigenvalue weighted by Gasteiger charge is 2.41. The number of likely N-dealkylation sites (tertiary alicyclic amines) is 1. The van der Waals surface area contributed by atoms with Crippen molar-refractivity contribution in [3.05, 3.63) is 54.1 Å². The molecule has 7 heteroatoms. The molecule has 4 rings (SSSR count). The lowest BCUT2D eigenvalue weighted by atomic mass is 10.1. The third-order valence-corrected chi connectivity index (χ3v) is 6.69. The van der Waals surface area contributed by atoms with Crippen LogP contribution < -0.4 is 10.2 Å². The Hall–Kier alpha value is -2.80. The fourth-order valence-corrected chi connectivity index (χ4v) is 5.04. The number of aryl methyl sites for hydroxylation is 1. The predicted molar refractivity (Wildman–Crippen MR) is 119 cm³/mol. The van der Waals surface area contributed by atoms with Gasteiger partial charge >= 0.3 is 0 Å². The van der Waals surface area contributed by atoms with E-state index in [1.807, 2.05) is 48.5 Å². The van der Waals surface area contributed by atoms with Crippen molar-refractivity contribution < 1.29 is 14.4 Å². The molecule has 2 heterocycles. The topological polar surface area (TPSA) is 69.7 Å². The molecule has 2 aromatic rings. The normalized spacial score (nSPS) is 18.3. The maximum atomic E-state index is 13.3. The Morgan fingerprint density at radius 1 is 1.10 bits per heavy atom. The molecular formula is C23H25N3O3S. The van der Waals surface area contributed by atoms with Crippen molar-refractivity contribution in [2.24, 2.45) is 0 Å². The number of fused-ring (bicyclic) bond motifs is 1. The number of benzene rings is 2. The molecule has 30 heavy (non-hydrogen) atoms. The summed E-state index contributed by atoms with van der Waals surface area (Å²) in [5.74, 6) is -0.767. The Morgan fingerprint density at radius 2 is 1.87 bits per heavy atom. The molecular weight excluding hydrogens is 398 g/mol. The van der Waals surface area contributed by atoms with Crippen LogP contribution in [0, 0.1) is 0 Å². The minimum atomic E-state index is -0.839. The molecule has 156 valence electrons. The molecule has 1 N–H and O–H groups in total. The number of amides is 3. The van der Waals surface area contributed by atoms with E-state index < -0.39 is 5.25 Å². The summed E-state index contributed by atoms with van der Waals surface area (Å²) >= 11 is 1.29. The Kier molecular flexibility index (Phi) is 6.08. The van der Waals surface area contributed by atoms with Crippen LogP contribution in [-0.4, -0.2) is 47.5 Å². The monoisotopic (exact) mass is 423 g/mol. The van der Waals surface area contributed by atoms with Crippen LogP contribution in [0.5, 0.6) is 0 Å². The fraction of sp³-hybridized carbons (Fsp3) is 0.348. The lowest BCUT2D eigenvalue weighted by Crippen LogP contribution is -2.51. The van der Waals surface area contributed by atoms with Crippen molar-refractivity contribution >= 4 is 40.9 Å². The molecule has 0 aliphatic carbocycles. The largest absolute Gasteiger partial charge is 0.341 e. The lowest BCUT2D eigenvalue weighted by Gasteiger charge is -2.34. The molecule has 1 atom stereocenters. The van der Waals surface area contributed by atoms with E-state index in [9.17, 15) is 14.4 Å².